The lowest BCUT2D eigenvalue weighted by Gasteiger charge is -2.16. The number of pyridine rings is 1. The topological polar surface area (TPSA) is 59.4 Å². The number of amides is 2. The Hall–Kier alpha value is -2.69. The minimum atomic E-state index is -0.448. The van der Waals surface area contributed by atoms with Crippen LogP contribution in [0, 0.1) is 13.8 Å². The van der Waals surface area contributed by atoms with Crippen LogP contribution in [0.2, 0.25) is 0 Å². The molecule has 106 valence electrons. The van der Waals surface area contributed by atoms with Crippen LogP contribution in [0.15, 0.2) is 35.1 Å². The van der Waals surface area contributed by atoms with E-state index in [4.69, 9.17) is 0 Å². The number of carbonyl (C=O) groups is 2. The third-order valence-electron chi connectivity index (χ3n) is 3.99. The molecule has 0 atom stereocenters. The number of aryl methyl sites for hydroxylation is 1. The van der Waals surface area contributed by atoms with E-state index in [0.29, 0.717) is 11.1 Å². The Bertz CT molecular complexity index is 814. The van der Waals surface area contributed by atoms with E-state index in [1.807, 2.05) is 13.8 Å². The van der Waals surface area contributed by atoms with Crippen LogP contribution < -0.4 is 10.5 Å². The lowest BCUT2D eigenvalue weighted by molar-refractivity contribution is 0.0925. The Balaban J connectivity index is 2.23. The number of fused-ring (bicyclic) bond motifs is 1. The standard InChI is InChI=1S/C16H14N2O3/c1-9-8-13(16(21)17(3)10(9)2)18-14(19)11-6-4-5-7-12(11)15(18)20/h4-8H,1-3H3. The maximum absolute atomic E-state index is 12.4. The van der Waals surface area contributed by atoms with Gasteiger partial charge in [0.25, 0.3) is 17.4 Å². The van der Waals surface area contributed by atoms with Crippen molar-refractivity contribution < 1.29 is 9.59 Å². The molecule has 3 rings (SSSR count). The molecule has 1 aliphatic rings. The number of imide groups is 1. The maximum atomic E-state index is 12.4. The van der Waals surface area contributed by atoms with E-state index in [0.717, 1.165) is 16.2 Å². The van der Waals surface area contributed by atoms with E-state index >= 15 is 0 Å². The number of hydrogen-bond acceptors (Lipinski definition) is 3. The molecular formula is C16H14N2O3. The van der Waals surface area contributed by atoms with Gasteiger partial charge in [-0.15, -0.1) is 0 Å². The molecule has 1 aromatic heterocycles. The van der Waals surface area contributed by atoms with Crippen molar-refractivity contribution in [1.29, 1.82) is 0 Å². The zero-order chi connectivity index (χ0) is 15.3. The molecule has 0 spiro atoms. The normalized spacial score (nSPS) is 13.8. The zero-order valence-corrected chi connectivity index (χ0v) is 12.0. The highest BCUT2D eigenvalue weighted by Crippen LogP contribution is 2.27. The van der Waals surface area contributed by atoms with E-state index in [1.54, 1.807) is 37.4 Å². The van der Waals surface area contributed by atoms with E-state index < -0.39 is 11.8 Å². The second-order valence-electron chi connectivity index (χ2n) is 5.15. The van der Waals surface area contributed by atoms with Crippen molar-refractivity contribution in [3.05, 3.63) is 63.1 Å². The van der Waals surface area contributed by atoms with E-state index in [-0.39, 0.29) is 11.2 Å². The minimum Gasteiger partial charge on any atom is -0.314 e. The third-order valence-corrected chi connectivity index (χ3v) is 3.99. The SMILES string of the molecule is Cc1cc(N2C(=O)c3ccccc3C2=O)c(=O)n(C)c1C. The number of nitrogens with zero attached hydrogens (tertiary/aromatic N) is 2. The zero-order valence-electron chi connectivity index (χ0n) is 12.0. The molecule has 0 aliphatic carbocycles. The van der Waals surface area contributed by atoms with Crippen molar-refractivity contribution >= 4 is 17.5 Å². The highest BCUT2D eigenvalue weighted by Gasteiger charge is 2.37. The molecule has 0 saturated carbocycles. The number of carbonyl (C=O) groups excluding carboxylic acids is 2. The summed E-state index contributed by atoms with van der Waals surface area (Å²) < 4.78 is 1.45. The van der Waals surface area contributed by atoms with Gasteiger partial charge in [-0.2, -0.15) is 0 Å². The van der Waals surface area contributed by atoms with Crippen LogP contribution in [0.25, 0.3) is 0 Å². The lowest BCUT2D eigenvalue weighted by Crippen LogP contribution is -2.36. The Kier molecular flexibility index (Phi) is 2.79. The predicted molar refractivity (Wildman–Crippen MR) is 78.7 cm³/mol. The summed E-state index contributed by atoms with van der Waals surface area (Å²) >= 11 is 0. The number of anilines is 1. The fourth-order valence-electron chi connectivity index (χ4n) is 2.53. The Morgan fingerprint density at radius 2 is 1.43 bits per heavy atom. The third kappa shape index (κ3) is 1.74. The van der Waals surface area contributed by atoms with Crippen LogP contribution in [0.5, 0.6) is 0 Å². The van der Waals surface area contributed by atoms with Gasteiger partial charge in [0.2, 0.25) is 0 Å². The smallest absolute Gasteiger partial charge is 0.274 e. The maximum Gasteiger partial charge on any atom is 0.274 e. The first-order valence-electron chi connectivity index (χ1n) is 6.58. The number of aromatic nitrogens is 1. The van der Waals surface area contributed by atoms with Gasteiger partial charge >= 0.3 is 0 Å². The van der Waals surface area contributed by atoms with Gasteiger partial charge in [0.15, 0.2) is 0 Å². The lowest BCUT2D eigenvalue weighted by atomic mass is 10.1. The molecule has 2 aromatic rings. The molecule has 21 heavy (non-hydrogen) atoms. The number of rotatable bonds is 1. The molecule has 1 aromatic carbocycles. The van der Waals surface area contributed by atoms with Crippen molar-refractivity contribution in [3.63, 3.8) is 0 Å². The molecule has 0 N–H and O–H groups in total. The molecule has 0 radical (unpaired) electrons. The van der Waals surface area contributed by atoms with Gasteiger partial charge < -0.3 is 4.57 Å². The van der Waals surface area contributed by atoms with Gasteiger partial charge in [-0.05, 0) is 37.6 Å². The summed E-state index contributed by atoms with van der Waals surface area (Å²) in [6.45, 7) is 3.67. The van der Waals surface area contributed by atoms with Crippen LogP contribution in [0.4, 0.5) is 5.69 Å². The molecular weight excluding hydrogens is 268 g/mol. The monoisotopic (exact) mass is 282 g/mol. The molecule has 5 nitrogen and oxygen atoms in total. The van der Waals surface area contributed by atoms with E-state index in [1.165, 1.54) is 4.57 Å². The first-order valence-corrected chi connectivity index (χ1v) is 6.58. The molecule has 0 bridgehead atoms. The summed E-state index contributed by atoms with van der Waals surface area (Å²) in [6, 6.07) is 8.19. The van der Waals surface area contributed by atoms with E-state index in [2.05, 4.69) is 0 Å². The van der Waals surface area contributed by atoms with Crippen LogP contribution in [0.1, 0.15) is 32.0 Å². The summed E-state index contributed by atoms with van der Waals surface area (Å²) in [6.07, 6.45) is 0. The average Bonchev–Trinajstić information content (AvgIpc) is 2.73. The van der Waals surface area contributed by atoms with Crippen LogP contribution in [-0.2, 0) is 7.05 Å². The molecule has 5 heteroatoms. The molecule has 0 unspecified atom stereocenters. The summed E-state index contributed by atoms with van der Waals surface area (Å²) in [7, 11) is 1.63. The van der Waals surface area contributed by atoms with Crippen molar-refractivity contribution in [2.24, 2.45) is 7.05 Å². The van der Waals surface area contributed by atoms with Gasteiger partial charge in [0.05, 0.1) is 11.1 Å². The predicted octanol–water partition coefficient (Wildman–Crippen LogP) is 1.80. The van der Waals surface area contributed by atoms with Crippen molar-refractivity contribution in [1.82, 2.24) is 4.57 Å². The molecule has 2 heterocycles. The second kappa shape index (κ2) is 4.41. The fraction of sp³-hybridized carbons (Fsp3) is 0.188. The van der Waals surface area contributed by atoms with Gasteiger partial charge in [-0.1, -0.05) is 12.1 Å². The Morgan fingerprint density at radius 1 is 0.905 bits per heavy atom. The number of benzene rings is 1. The molecule has 1 aliphatic heterocycles. The minimum absolute atomic E-state index is 0.104. The van der Waals surface area contributed by atoms with Gasteiger partial charge in [0.1, 0.15) is 5.69 Å². The first-order chi connectivity index (χ1) is 9.93. The average molecular weight is 282 g/mol. The Labute approximate surface area is 121 Å². The van der Waals surface area contributed by atoms with Crippen molar-refractivity contribution in [2.45, 2.75) is 13.8 Å². The second-order valence-corrected chi connectivity index (χ2v) is 5.15. The van der Waals surface area contributed by atoms with Gasteiger partial charge in [-0.25, -0.2) is 4.90 Å². The number of hydrogen-bond donors (Lipinski definition) is 0. The van der Waals surface area contributed by atoms with Gasteiger partial charge in [0, 0.05) is 12.7 Å². The Morgan fingerprint density at radius 3 is 1.95 bits per heavy atom. The molecule has 0 fully saturated rings. The highest BCUT2D eigenvalue weighted by molar-refractivity contribution is 6.34. The highest BCUT2D eigenvalue weighted by atomic mass is 16.2. The van der Waals surface area contributed by atoms with Crippen LogP contribution >= 0.6 is 0 Å². The molecule has 0 saturated heterocycles. The first kappa shape index (κ1) is 13.3. The van der Waals surface area contributed by atoms with Crippen LogP contribution in [0.3, 0.4) is 0 Å². The van der Waals surface area contributed by atoms with Crippen molar-refractivity contribution in [2.75, 3.05) is 4.90 Å². The fourth-order valence-corrected chi connectivity index (χ4v) is 2.53. The van der Waals surface area contributed by atoms with E-state index in [9.17, 15) is 14.4 Å². The summed E-state index contributed by atoms with van der Waals surface area (Å²) in [5.41, 5.74) is 2.08. The van der Waals surface area contributed by atoms with Crippen LogP contribution in [-0.4, -0.2) is 16.4 Å². The molecule has 2 amide bonds. The largest absolute Gasteiger partial charge is 0.314 e. The summed E-state index contributed by atoms with van der Waals surface area (Å²) in [4.78, 5) is 38.2. The van der Waals surface area contributed by atoms with Crippen molar-refractivity contribution in [3.8, 4) is 0 Å². The summed E-state index contributed by atoms with van der Waals surface area (Å²) in [5.74, 6) is -0.896. The van der Waals surface area contributed by atoms with Gasteiger partial charge in [-0.3, -0.25) is 14.4 Å². The summed E-state index contributed by atoms with van der Waals surface area (Å²) in [5, 5.41) is 0. The quantitative estimate of drug-likeness (QED) is 0.749.